The number of carbonyl (C=O) groups is 2. The monoisotopic (exact) mass is 170 g/mol. The molecule has 0 atom stereocenters. The highest BCUT2D eigenvalue weighted by Crippen LogP contribution is 2.08. The highest BCUT2D eigenvalue weighted by Gasteiger charge is 2.13. The molecule has 64 valence electrons. The summed E-state index contributed by atoms with van der Waals surface area (Å²) < 4.78 is 8.89. The van der Waals surface area contributed by atoms with Crippen LogP contribution in [0.5, 0.6) is 0 Å². The molecule has 0 amide bonds. The van der Waals surface area contributed by atoms with Gasteiger partial charge in [0.25, 0.3) is 0 Å². The molecular formula is C7H6O5. The van der Waals surface area contributed by atoms with Crippen molar-refractivity contribution in [3.63, 3.8) is 0 Å². The summed E-state index contributed by atoms with van der Waals surface area (Å²) in [5, 5.41) is 8.41. The largest absolute Gasteiger partial charge is 0.475 e. The number of carbonyl (C=O) groups excluding carboxylic acids is 1. The van der Waals surface area contributed by atoms with Crippen LogP contribution in [0.25, 0.3) is 0 Å². The van der Waals surface area contributed by atoms with Crippen molar-refractivity contribution >= 4 is 11.9 Å². The van der Waals surface area contributed by atoms with Crippen LogP contribution in [0.3, 0.4) is 0 Å². The lowest BCUT2D eigenvalue weighted by Crippen LogP contribution is -1.99. The van der Waals surface area contributed by atoms with Gasteiger partial charge < -0.3 is 14.3 Å². The fraction of sp³-hybridized carbons (Fsp3) is 0.143. The second-order valence-corrected chi connectivity index (χ2v) is 2.00. The van der Waals surface area contributed by atoms with E-state index >= 15 is 0 Å². The van der Waals surface area contributed by atoms with Gasteiger partial charge in [0.1, 0.15) is 6.26 Å². The minimum absolute atomic E-state index is 0.0925. The second kappa shape index (κ2) is 3.08. The number of esters is 1. The van der Waals surface area contributed by atoms with Crippen LogP contribution in [-0.2, 0) is 4.74 Å². The van der Waals surface area contributed by atoms with Crippen molar-refractivity contribution in [1.82, 2.24) is 0 Å². The SMILES string of the molecule is COC(=O)c1coc(C(=O)O)c1. The Balaban J connectivity index is 2.91. The van der Waals surface area contributed by atoms with E-state index in [0.29, 0.717) is 0 Å². The first-order valence-electron chi connectivity index (χ1n) is 3.05. The molecule has 1 heterocycles. The molecule has 0 unspecified atom stereocenters. The molecule has 1 aromatic rings. The zero-order chi connectivity index (χ0) is 9.14. The maximum absolute atomic E-state index is 10.8. The third-order valence-corrected chi connectivity index (χ3v) is 1.23. The molecule has 0 aliphatic rings. The van der Waals surface area contributed by atoms with E-state index < -0.39 is 11.9 Å². The second-order valence-electron chi connectivity index (χ2n) is 2.00. The number of rotatable bonds is 2. The number of ether oxygens (including phenoxy) is 1. The van der Waals surface area contributed by atoms with Crippen LogP contribution < -0.4 is 0 Å². The number of carboxylic acid groups (broad SMARTS) is 1. The molecule has 12 heavy (non-hydrogen) atoms. The Labute approximate surface area is 67.6 Å². The normalized spacial score (nSPS) is 9.42. The summed E-state index contributed by atoms with van der Waals surface area (Å²) in [5.41, 5.74) is 0.0925. The van der Waals surface area contributed by atoms with Crippen LogP contribution in [-0.4, -0.2) is 24.2 Å². The molecular weight excluding hydrogens is 164 g/mol. The van der Waals surface area contributed by atoms with Crippen LogP contribution in [0.4, 0.5) is 0 Å². The van der Waals surface area contributed by atoms with Gasteiger partial charge in [-0.15, -0.1) is 0 Å². The predicted molar refractivity (Wildman–Crippen MR) is 37.0 cm³/mol. The van der Waals surface area contributed by atoms with Crippen molar-refractivity contribution in [1.29, 1.82) is 0 Å². The lowest BCUT2D eigenvalue weighted by molar-refractivity contribution is 0.0598. The standard InChI is InChI=1S/C7H6O5/c1-11-7(10)4-2-5(6(8)9)12-3-4/h2-3H,1H3,(H,8,9). The Morgan fingerprint density at radius 2 is 2.25 bits per heavy atom. The van der Waals surface area contributed by atoms with Crippen molar-refractivity contribution in [3.8, 4) is 0 Å². The fourth-order valence-electron chi connectivity index (χ4n) is 0.673. The molecule has 5 nitrogen and oxygen atoms in total. The van der Waals surface area contributed by atoms with Crippen molar-refractivity contribution in [2.45, 2.75) is 0 Å². The molecule has 1 N–H and O–H groups in total. The highest BCUT2D eigenvalue weighted by molar-refractivity contribution is 5.92. The average Bonchev–Trinajstić information content (AvgIpc) is 2.51. The molecule has 0 fully saturated rings. The number of methoxy groups -OCH3 is 1. The third-order valence-electron chi connectivity index (χ3n) is 1.23. The zero-order valence-corrected chi connectivity index (χ0v) is 6.23. The van der Waals surface area contributed by atoms with Gasteiger partial charge in [-0.2, -0.15) is 0 Å². The van der Waals surface area contributed by atoms with Crippen LogP contribution >= 0.6 is 0 Å². The Morgan fingerprint density at radius 3 is 2.67 bits per heavy atom. The van der Waals surface area contributed by atoms with Crippen molar-refractivity contribution in [3.05, 3.63) is 23.7 Å². The molecule has 5 heteroatoms. The summed E-state index contributed by atoms with van der Waals surface area (Å²) in [7, 11) is 1.20. The average molecular weight is 170 g/mol. The van der Waals surface area contributed by atoms with Gasteiger partial charge in [-0.05, 0) is 0 Å². The van der Waals surface area contributed by atoms with E-state index in [2.05, 4.69) is 9.15 Å². The minimum atomic E-state index is -1.22. The summed E-state index contributed by atoms with van der Waals surface area (Å²) in [6.45, 7) is 0. The summed E-state index contributed by atoms with van der Waals surface area (Å²) >= 11 is 0. The zero-order valence-electron chi connectivity index (χ0n) is 6.23. The van der Waals surface area contributed by atoms with E-state index in [9.17, 15) is 9.59 Å². The molecule has 0 bridgehead atoms. The number of aromatic carboxylic acids is 1. The van der Waals surface area contributed by atoms with Crippen LogP contribution in [0.15, 0.2) is 16.7 Å². The van der Waals surface area contributed by atoms with Gasteiger partial charge in [-0.1, -0.05) is 0 Å². The molecule has 0 radical (unpaired) electrons. The maximum Gasteiger partial charge on any atom is 0.371 e. The minimum Gasteiger partial charge on any atom is -0.475 e. The van der Waals surface area contributed by atoms with Gasteiger partial charge in [0, 0.05) is 6.07 Å². The predicted octanol–water partition coefficient (Wildman–Crippen LogP) is 0.764. The molecule has 0 spiro atoms. The number of hydrogen-bond acceptors (Lipinski definition) is 4. The summed E-state index contributed by atoms with van der Waals surface area (Å²) in [5.74, 6) is -2.12. The summed E-state index contributed by atoms with van der Waals surface area (Å²) in [4.78, 5) is 21.1. The highest BCUT2D eigenvalue weighted by atomic mass is 16.5. The fourth-order valence-corrected chi connectivity index (χ4v) is 0.673. The lowest BCUT2D eigenvalue weighted by atomic mass is 10.3. The van der Waals surface area contributed by atoms with Gasteiger partial charge in [0.15, 0.2) is 0 Å². The van der Waals surface area contributed by atoms with E-state index in [4.69, 9.17) is 5.11 Å². The molecule has 1 rings (SSSR count). The first kappa shape index (κ1) is 8.32. The van der Waals surface area contributed by atoms with E-state index in [-0.39, 0.29) is 11.3 Å². The van der Waals surface area contributed by atoms with Crippen LogP contribution in [0, 0.1) is 0 Å². The molecule has 0 aromatic carbocycles. The summed E-state index contributed by atoms with van der Waals surface area (Å²) in [6, 6.07) is 1.11. The molecule has 0 saturated carbocycles. The number of furan rings is 1. The van der Waals surface area contributed by atoms with Gasteiger partial charge in [0.05, 0.1) is 12.7 Å². The Morgan fingerprint density at radius 1 is 1.58 bits per heavy atom. The van der Waals surface area contributed by atoms with E-state index in [0.717, 1.165) is 12.3 Å². The van der Waals surface area contributed by atoms with Gasteiger partial charge in [-0.25, -0.2) is 9.59 Å². The Hall–Kier alpha value is -1.78. The smallest absolute Gasteiger partial charge is 0.371 e. The van der Waals surface area contributed by atoms with E-state index in [1.165, 1.54) is 7.11 Å². The van der Waals surface area contributed by atoms with Gasteiger partial charge >= 0.3 is 11.9 Å². The number of carboxylic acids is 1. The molecule has 0 aliphatic carbocycles. The lowest BCUT2D eigenvalue weighted by Gasteiger charge is -1.89. The van der Waals surface area contributed by atoms with Crippen molar-refractivity contribution in [2.24, 2.45) is 0 Å². The van der Waals surface area contributed by atoms with Crippen LogP contribution in [0.1, 0.15) is 20.9 Å². The quantitative estimate of drug-likeness (QED) is 0.663. The molecule has 1 aromatic heterocycles. The van der Waals surface area contributed by atoms with E-state index in [1.807, 2.05) is 0 Å². The van der Waals surface area contributed by atoms with Crippen molar-refractivity contribution in [2.75, 3.05) is 7.11 Å². The Bertz CT molecular complexity index is 311. The molecule has 0 saturated heterocycles. The number of hydrogen-bond donors (Lipinski definition) is 1. The molecule has 0 aliphatic heterocycles. The van der Waals surface area contributed by atoms with Crippen molar-refractivity contribution < 1.29 is 23.8 Å². The van der Waals surface area contributed by atoms with Crippen LogP contribution in [0.2, 0.25) is 0 Å². The first-order chi connectivity index (χ1) is 5.65. The Kier molecular flexibility index (Phi) is 2.14. The topological polar surface area (TPSA) is 76.7 Å². The first-order valence-corrected chi connectivity index (χ1v) is 3.05. The summed E-state index contributed by atoms with van der Waals surface area (Å²) in [6.07, 6.45) is 1.04. The third kappa shape index (κ3) is 1.45. The van der Waals surface area contributed by atoms with Gasteiger partial charge in [-0.3, -0.25) is 0 Å². The maximum atomic E-state index is 10.8. The van der Waals surface area contributed by atoms with Gasteiger partial charge in [0.2, 0.25) is 5.76 Å². The van der Waals surface area contributed by atoms with E-state index in [1.54, 1.807) is 0 Å².